The van der Waals surface area contributed by atoms with Crippen LogP contribution in [0.5, 0.6) is 0 Å². The molecule has 0 aromatic rings. The minimum absolute atomic E-state index is 0.0605. The van der Waals surface area contributed by atoms with Crippen LogP contribution in [0.1, 0.15) is 79.1 Å². The van der Waals surface area contributed by atoms with E-state index in [0.29, 0.717) is 24.4 Å². The highest BCUT2D eigenvalue weighted by atomic mass is 16.5. The van der Waals surface area contributed by atoms with Gasteiger partial charge in [0.05, 0.1) is 6.61 Å². The quantitative estimate of drug-likeness (QED) is 0.193. The lowest BCUT2D eigenvalue weighted by molar-refractivity contribution is -0.148. The van der Waals surface area contributed by atoms with Crippen LogP contribution in [0.3, 0.4) is 0 Å². The Morgan fingerprint density at radius 3 is 2.67 bits per heavy atom. The van der Waals surface area contributed by atoms with Gasteiger partial charge in [0.2, 0.25) is 0 Å². The number of aldehydes is 1. The number of allylic oxidation sites excluding steroid dienone is 3. The predicted octanol–water partition coefficient (Wildman–Crippen LogP) is 5.62. The van der Waals surface area contributed by atoms with Crippen LogP contribution in [-0.2, 0) is 19.1 Å². The van der Waals surface area contributed by atoms with Gasteiger partial charge in [0, 0.05) is 25.3 Å². The fourth-order valence-electron chi connectivity index (χ4n) is 7.93. The van der Waals surface area contributed by atoms with E-state index in [0.717, 1.165) is 50.1 Å². The minimum Gasteiger partial charge on any atom is -0.498 e. The highest BCUT2D eigenvalue weighted by molar-refractivity contribution is 5.66. The molecule has 0 radical (unpaired) electrons. The van der Waals surface area contributed by atoms with Crippen molar-refractivity contribution in [2.75, 3.05) is 6.61 Å². The molecule has 4 rings (SSSR count). The van der Waals surface area contributed by atoms with E-state index in [2.05, 4.69) is 19.9 Å². The second-order valence-electron chi connectivity index (χ2n) is 10.5. The van der Waals surface area contributed by atoms with E-state index in [1.54, 1.807) is 6.08 Å². The van der Waals surface area contributed by atoms with E-state index < -0.39 is 0 Å². The summed E-state index contributed by atoms with van der Waals surface area (Å²) in [7, 11) is 0. The molecule has 3 saturated carbocycles. The standard InChI is InChI=1S/C26H38O4/c1-5-29-24(12-15-27)23-9-8-21-20-7-6-18-16-19(30-17(2)28)10-13-25(18,3)22(20)11-14-26(21,23)4/h6,12,15,19-23H,5,7-11,13-14,16H2,1-4H3/t19-,20-,21-,22-,23+,25-,26-/m0/s1. The molecule has 0 unspecified atom stereocenters. The Morgan fingerprint density at radius 2 is 1.97 bits per heavy atom. The van der Waals surface area contributed by atoms with Gasteiger partial charge in [-0.05, 0) is 80.5 Å². The lowest BCUT2D eigenvalue weighted by Crippen LogP contribution is -2.50. The van der Waals surface area contributed by atoms with Gasteiger partial charge in [0.25, 0.3) is 0 Å². The number of rotatable bonds is 5. The molecule has 0 spiro atoms. The fourth-order valence-corrected chi connectivity index (χ4v) is 7.93. The van der Waals surface area contributed by atoms with Crippen LogP contribution in [0.15, 0.2) is 23.5 Å². The first-order valence-electron chi connectivity index (χ1n) is 12.0. The number of esters is 1. The zero-order chi connectivity index (χ0) is 21.5. The van der Waals surface area contributed by atoms with E-state index in [1.807, 2.05) is 6.92 Å². The van der Waals surface area contributed by atoms with Gasteiger partial charge in [-0.2, -0.15) is 0 Å². The molecule has 0 bridgehead atoms. The molecular formula is C26H38O4. The van der Waals surface area contributed by atoms with E-state index in [1.165, 1.54) is 31.8 Å². The summed E-state index contributed by atoms with van der Waals surface area (Å²) in [6.45, 7) is 9.09. The molecule has 0 aromatic heterocycles. The SMILES string of the molecule is CCOC(=CC=O)[C@H]1CC[C@H]2[C@@H]3CC=C4C[C@@H](OC(C)=O)CC[C@]4(C)[C@H]3CC[C@]12C. The maximum Gasteiger partial charge on any atom is 0.302 e. The zero-order valence-electron chi connectivity index (χ0n) is 19.1. The van der Waals surface area contributed by atoms with Crippen molar-refractivity contribution in [1.82, 2.24) is 0 Å². The number of hydrogen-bond acceptors (Lipinski definition) is 4. The van der Waals surface area contributed by atoms with E-state index in [4.69, 9.17) is 9.47 Å². The van der Waals surface area contributed by atoms with Gasteiger partial charge >= 0.3 is 5.97 Å². The summed E-state index contributed by atoms with van der Waals surface area (Å²) < 4.78 is 11.5. The van der Waals surface area contributed by atoms with Crippen molar-refractivity contribution in [2.45, 2.75) is 85.2 Å². The van der Waals surface area contributed by atoms with Gasteiger partial charge in [-0.1, -0.05) is 25.5 Å². The Hall–Kier alpha value is -1.58. The summed E-state index contributed by atoms with van der Waals surface area (Å²) in [6, 6.07) is 0. The lowest BCUT2D eigenvalue weighted by atomic mass is 9.47. The Morgan fingerprint density at radius 1 is 1.17 bits per heavy atom. The minimum atomic E-state index is -0.156. The van der Waals surface area contributed by atoms with Gasteiger partial charge in [-0.15, -0.1) is 0 Å². The van der Waals surface area contributed by atoms with Crippen LogP contribution in [0.2, 0.25) is 0 Å². The summed E-state index contributed by atoms with van der Waals surface area (Å²) in [5, 5.41) is 0. The number of carbonyl (C=O) groups excluding carboxylic acids is 2. The molecule has 4 aliphatic rings. The first-order valence-corrected chi connectivity index (χ1v) is 12.0. The second-order valence-corrected chi connectivity index (χ2v) is 10.5. The Bertz CT molecular complexity index is 752. The molecule has 0 aliphatic heterocycles. The van der Waals surface area contributed by atoms with Crippen molar-refractivity contribution < 1.29 is 19.1 Å². The average molecular weight is 415 g/mol. The van der Waals surface area contributed by atoms with Crippen LogP contribution in [-0.4, -0.2) is 25.0 Å². The molecule has 4 aliphatic carbocycles. The molecule has 30 heavy (non-hydrogen) atoms. The van der Waals surface area contributed by atoms with Crippen LogP contribution < -0.4 is 0 Å². The number of fused-ring (bicyclic) bond motifs is 5. The van der Waals surface area contributed by atoms with Gasteiger partial charge < -0.3 is 9.47 Å². The Kier molecular flexibility index (Phi) is 5.89. The smallest absolute Gasteiger partial charge is 0.302 e. The maximum atomic E-state index is 11.4. The summed E-state index contributed by atoms with van der Waals surface area (Å²) in [5.74, 6) is 3.25. The largest absolute Gasteiger partial charge is 0.498 e. The van der Waals surface area contributed by atoms with Crippen LogP contribution in [0.4, 0.5) is 0 Å². The highest BCUT2D eigenvalue weighted by Gasteiger charge is 2.59. The van der Waals surface area contributed by atoms with E-state index in [9.17, 15) is 9.59 Å². The first-order chi connectivity index (χ1) is 14.3. The van der Waals surface area contributed by atoms with Crippen LogP contribution in [0, 0.1) is 34.5 Å². The third-order valence-corrected chi connectivity index (χ3v) is 9.28. The third kappa shape index (κ3) is 3.44. The molecule has 166 valence electrons. The van der Waals surface area contributed by atoms with E-state index >= 15 is 0 Å². The number of carbonyl (C=O) groups is 2. The molecular weight excluding hydrogens is 376 g/mol. The maximum absolute atomic E-state index is 11.4. The molecule has 0 N–H and O–H groups in total. The van der Waals surface area contributed by atoms with Crippen LogP contribution in [0.25, 0.3) is 0 Å². The lowest BCUT2D eigenvalue weighted by Gasteiger charge is -2.58. The third-order valence-electron chi connectivity index (χ3n) is 9.28. The Balaban J connectivity index is 1.57. The monoisotopic (exact) mass is 414 g/mol. The van der Waals surface area contributed by atoms with Crippen molar-refractivity contribution in [2.24, 2.45) is 34.5 Å². The highest BCUT2D eigenvalue weighted by Crippen LogP contribution is 2.67. The normalized spacial score (nSPS) is 43.0. The Labute approximate surface area is 181 Å². The molecule has 0 amide bonds. The molecule has 0 aromatic carbocycles. The first kappa shape index (κ1) is 21.6. The summed E-state index contributed by atoms with van der Waals surface area (Å²) in [4.78, 5) is 22.7. The molecule has 4 nitrogen and oxygen atoms in total. The van der Waals surface area contributed by atoms with Gasteiger partial charge in [0.15, 0.2) is 0 Å². The van der Waals surface area contributed by atoms with Gasteiger partial charge in [-0.3, -0.25) is 9.59 Å². The van der Waals surface area contributed by atoms with Gasteiger partial charge in [-0.25, -0.2) is 0 Å². The van der Waals surface area contributed by atoms with Crippen molar-refractivity contribution >= 4 is 12.3 Å². The average Bonchev–Trinajstić information content (AvgIpc) is 3.05. The summed E-state index contributed by atoms with van der Waals surface area (Å²) in [6.07, 6.45) is 14.1. The molecule has 7 atom stereocenters. The van der Waals surface area contributed by atoms with Crippen molar-refractivity contribution in [3.63, 3.8) is 0 Å². The zero-order valence-corrected chi connectivity index (χ0v) is 19.1. The fraction of sp³-hybridized carbons (Fsp3) is 0.769. The summed E-state index contributed by atoms with van der Waals surface area (Å²) >= 11 is 0. The van der Waals surface area contributed by atoms with Gasteiger partial charge in [0.1, 0.15) is 18.1 Å². The molecule has 0 saturated heterocycles. The molecule has 4 heteroatoms. The molecule has 3 fully saturated rings. The molecule has 0 heterocycles. The number of ether oxygens (including phenoxy) is 2. The predicted molar refractivity (Wildman–Crippen MR) is 117 cm³/mol. The van der Waals surface area contributed by atoms with Crippen molar-refractivity contribution in [3.05, 3.63) is 23.5 Å². The van der Waals surface area contributed by atoms with E-state index in [-0.39, 0.29) is 22.9 Å². The topological polar surface area (TPSA) is 52.6 Å². The summed E-state index contributed by atoms with van der Waals surface area (Å²) in [5.41, 5.74) is 2.01. The van der Waals surface area contributed by atoms with Crippen molar-refractivity contribution in [3.8, 4) is 0 Å². The number of hydrogen-bond donors (Lipinski definition) is 0. The van der Waals surface area contributed by atoms with Crippen LogP contribution >= 0.6 is 0 Å². The van der Waals surface area contributed by atoms with Crippen molar-refractivity contribution in [1.29, 1.82) is 0 Å². The second kappa shape index (κ2) is 8.16.